The molecule has 0 aromatic heterocycles. The van der Waals surface area contributed by atoms with Crippen LogP contribution in [0.25, 0.3) is 0 Å². The van der Waals surface area contributed by atoms with E-state index in [-0.39, 0.29) is 18.2 Å². The fourth-order valence-corrected chi connectivity index (χ4v) is 2.21. The Morgan fingerprint density at radius 3 is 2.38 bits per heavy atom. The third-order valence-corrected chi connectivity index (χ3v) is 4.21. The molecule has 0 spiro atoms. The molecular weight excluding hydrogens is 445 g/mol. The summed E-state index contributed by atoms with van der Waals surface area (Å²) in [5, 5.41) is 10.8. The summed E-state index contributed by atoms with van der Waals surface area (Å²) >= 11 is 2.15. The summed E-state index contributed by atoms with van der Waals surface area (Å²) in [5.41, 5.74) is 12.1. The van der Waals surface area contributed by atoms with Crippen molar-refractivity contribution < 1.29 is 9.53 Å². The van der Waals surface area contributed by atoms with Gasteiger partial charge in [-0.1, -0.05) is 24.3 Å². The fourth-order valence-electron chi connectivity index (χ4n) is 2.05. The van der Waals surface area contributed by atoms with Crippen molar-refractivity contribution in [1.82, 2.24) is 5.32 Å². The van der Waals surface area contributed by atoms with Crippen LogP contribution < -0.4 is 16.8 Å². The zero-order valence-electron chi connectivity index (χ0n) is 15.7. The molecular formula is C18H28IN5O2. The van der Waals surface area contributed by atoms with Gasteiger partial charge >= 0.3 is 0 Å². The highest BCUT2D eigenvalue weighted by Gasteiger charge is 2.26. The Labute approximate surface area is 168 Å². The molecule has 1 atom stereocenters. The number of aliphatic imine (C=N–C) groups is 1. The predicted octanol–water partition coefficient (Wildman–Crippen LogP) is 1.95. The molecule has 0 bridgehead atoms. The predicted molar refractivity (Wildman–Crippen MR) is 114 cm³/mol. The van der Waals surface area contributed by atoms with E-state index < -0.39 is 9.15 Å². The van der Waals surface area contributed by atoms with E-state index in [0.717, 1.165) is 5.56 Å². The Balaban J connectivity index is 2.62. The summed E-state index contributed by atoms with van der Waals surface area (Å²) in [6.07, 6.45) is 0.245. The number of carbonyl (C=O) groups excluding carboxylic acids is 1. The van der Waals surface area contributed by atoms with E-state index >= 15 is 0 Å². The van der Waals surface area contributed by atoms with Gasteiger partial charge in [-0.3, -0.25) is 10.2 Å². The molecule has 0 radical (unpaired) electrons. The molecule has 144 valence electrons. The van der Waals surface area contributed by atoms with Crippen molar-refractivity contribution in [2.75, 3.05) is 13.2 Å². The number of amidine groups is 2. The Morgan fingerprint density at radius 1 is 1.31 bits per heavy atom. The molecule has 6 N–H and O–H groups in total. The molecule has 0 heterocycles. The second-order valence-corrected chi connectivity index (χ2v) is 9.28. The third kappa shape index (κ3) is 8.24. The van der Waals surface area contributed by atoms with E-state index in [1.807, 2.05) is 32.9 Å². The number of hydrogen-bond acceptors (Lipinski definition) is 4. The van der Waals surface area contributed by atoms with Crippen molar-refractivity contribution in [3.05, 3.63) is 35.4 Å². The Hall–Kier alpha value is -1.52. The van der Waals surface area contributed by atoms with Gasteiger partial charge in [0.1, 0.15) is 3.61 Å². The van der Waals surface area contributed by atoms with Gasteiger partial charge < -0.3 is 21.5 Å². The second kappa shape index (κ2) is 9.43. The smallest absolute Gasteiger partial charge is 0.224 e. The lowest BCUT2D eigenvalue weighted by molar-refractivity contribution is -0.123. The number of nitrogens with one attached hydrogen (secondary N) is 2. The van der Waals surface area contributed by atoms with Crippen LogP contribution in [0.5, 0.6) is 0 Å². The van der Waals surface area contributed by atoms with Crippen LogP contribution in [0.1, 0.15) is 38.8 Å². The summed E-state index contributed by atoms with van der Waals surface area (Å²) in [5.74, 6) is 0.335. The van der Waals surface area contributed by atoms with Gasteiger partial charge in [-0.2, -0.15) is 0 Å². The number of nitrogens with two attached hydrogens (primary N) is 2. The topological polar surface area (TPSA) is 127 Å². The summed E-state index contributed by atoms with van der Waals surface area (Å²) < 4.78 is 5.32. The van der Waals surface area contributed by atoms with E-state index in [2.05, 4.69) is 32.9 Å². The van der Waals surface area contributed by atoms with Crippen LogP contribution >= 0.6 is 22.6 Å². The van der Waals surface area contributed by atoms with Gasteiger partial charge in [0.05, 0.1) is 24.4 Å². The van der Waals surface area contributed by atoms with Gasteiger partial charge in [0.2, 0.25) is 5.91 Å². The molecule has 0 aliphatic carbocycles. The van der Waals surface area contributed by atoms with E-state index in [9.17, 15) is 4.79 Å². The first-order valence-electron chi connectivity index (χ1n) is 8.27. The van der Waals surface area contributed by atoms with E-state index in [1.165, 1.54) is 0 Å². The number of halogens is 1. The first-order valence-corrected chi connectivity index (χ1v) is 9.34. The molecule has 1 aromatic carbocycles. The van der Waals surface area contributed by atoms with Gasteiger partial charge in [-0.25, -0.2) is 4.99 Å². The molecule has 8 heteroatoms. The second-order valence-electron chi connectivity index (χ2n) is 7.00. The number of hydrogen-bond donors (Lipinski definition) is 4. The molecule has 1 aromatic rings. The summed E-state index contributed by atoms with van der Waals surface area (Å²) in [7, 11) is 0. The standard InChI is InChI=1S/C18H28IN5O2/c1-12(21)23-16(22)14-7-5-13(6-8-14)9-15(25)24-17(2,3)11-26-18(4,19)10-20/h5-8H,9-11,20H2,1-4H3,(H,24,25)(H3,21,22,23). The maximum atomic E-state index is 12.3. The van der Waals surface area contributed by atoms with Crippen molar-refractivity contribution in [3.8, 4) is 0 Å². The zero-order valence-corrected chi connectivity index (χ0v) is 17.9. The lowest BCUT2D eigenvalue weighted by atomic mass is 10.0. The first-order chi connectivity index (χ1) is 11.9. The number of ether oxygens (including phenoxy) is 1. The number of nitrogens with zero attached hydrogens (tertiary/aromatic N) is 1. The van der Waals surface area contributed by atoms with Crippen molar-refractivity contribution in [3.63, 3.8) is 0 Å². The van der Waals surface area contributed by atoms with Gasteiger partial charge in [-0.05, 0) is 55.8 Å². The molecule has 1 unspecified atom stereocenters. The molecule has 0 fully saturated rings. The molecule has 0 saturated carbocycles. The highest BCUT2D eigenvalue weighted by Crippen LogP contribution is 2.20. The molecule has 0 aliphatic rings. The number of carbonyl (C=O) groups is 1. The van der Waals surface area contributed by atoms with Crippen LogP contribution in [0.4, 0.5) is 0 Å². The Kier molecular flexibility index (Phi) is 8.16. The van der Waals surface area contributed by atoms with Crippen LogP contribution in [-0.2, 0) is 16.0 Å². The van der Waals surface area contributed by atoms with Crippen molar-refractivity contribution in [1.29, 1.82) is 5.41 Å². The minimum atomic E-state index is -0.506. The molecule has 26 heavy (non-hydrogen) atoms. The normalized spacial score (nSPS) is 14.6. The Bertz CT molecular complexity index is 665. The van der Waals surface area contributed by atoms with Crippen LogP contribution in [0, 0.1) is 5.41 Å². The number of alkyl halides is 1. The van der Waals surface area contributed by atoms with E-state index in [4.69, 9.17) is 21.6 Å². The highest BCUT2D eigenvalue weighted by atomic mass is 127. The summed E-state index contributed by atoms with van der Waals surface area (Å²) in [6.45, 7) is 8.11. The SMILES string of the molecule is CC(N)=NC(=N)c1ccc(CC(=O)NC(C)(C)COC(C)(I)CN)cc1. The largest absolute Gasteiger partial charge is 0.387 e. The fraction of sp³-hybridized carbons (Fsp3) is 0.500. The molecule has 0 aliphatic heterocycles. The zero-order chi connectivity index (χ0) is 20.0. The summed E-state index contributed by atoms with van der Waals surface area (Å²) in [6, 6.07) is 7.14. The summed E-state index contributed by atoms with van der Waals surface area (Å²) in [4.78, 5) is 16.2. The van der Waals surface area contributed by atoms with Gasteiger partial charge in [-0.15, -0.1) is 0 Å². The lowest BCUT2D eigenvalue weighted by Crippen LogP contribution is -2.49. The lowest BCUT2D eigenvalue weighted by Gasteiger charge is -2.31. The van der Waals surface area contributed by atoms with E-state index in [1.54, 1.807) is 19.1 Å². The van der Waals surface area contributed by atoms with Crippen molar-refractivity contribution in [2.45, 2.75) is 43.3 Å². The van der Waals surface area contributed by atoms with Crippen molar-refractivity contribution >= 4 is 40.2 Å². The van der Waals surface area contributed by atoms with Crippen molar-refractivity contribution in [2.24, 2.45) is 16.5 Å². The number of amides is 1. The maximum absolute atomic E-state index is 12.3. The van der Waals surface area contributed by atoms with E-state index in [0.29, 0.717) is 24.6 Å². The number of rotatable bonds is 8. The molecule has 1 amide bonds. The number of benzene rings is 1. The monoisotopic (exact) mass is 473 g/mol. The van der Waals surface area contributed by atoms with Gasteiger partial charge in [0.25, 0.3) is 0 Å². The van der Waals surface area contributed by atoms with Crippen LogP contribution in [0.3, 0.4) is 0 Å². The minimum Gasteiger partial charge on any atom is -0.387 e. The quantitative estimate of drug-likeness (QED) is 0.199. The van der Waals surface area contributed by atoms with Crippen LogP contribution in [-0.4, -0.2) is 39.9 Å². The molecule has 7 nitrogen and oxygen atoms in total. The molecule has 0 saturated heterocycles. The van der Waals surface area contributed by atoms with Crippen LogP contribution in [0.2, 0.25) is 0 Å². The maximum Gasteiger partial charge on any atom is 0.224 e. The van der Waals surface area contributed by atoms with Crippen LogP contribution in [0.15, 0.2) is 29.3 Å². The molecule has 1 rings (SSSR count). The first kappa shape index (κ1) is 22.5. The minimum absolute atomic E-state index is 0.0971. The van der Waals surface area contributed by atoms with Gasteiger partial charge in [0, 0.05) is 12.1 Å². The third-order valence-electron chi connectivity index (χ3n) is 3.46. The highest BCUT2D eigenvalue weighted by molar-refractivity contribution is 14.1. The average molecular weight is 473 g/mol. The Morgan fingerprint density at radius 2 is 1.88 bits per heavy atom. The average Bonchev–Trinajstić information content (AvgIpc) is 2.52. The van der Waals surface area contributed by atoms with Gasteiger partial charge in [0.15, 0.2) is 5.84 Å².